The fourth-order valence-corrected chi connectivity index (χ4v) is 4.87. The molecule has 1 atom stereocenters. The number of halogens is 1. The van der Waals surface area contributed by atoms with E-state index in [0.29, 0.717) is 5.69 Å². The maximum Gasteiger partial charge on any atom is 0.304 e. The van der Waals surface area contributed by atoms with Crippen molar-refractivity contribution < 1.29 is 18.0 Å². The van der Waals surface area contributed by atoms with Gasteiger partial charge in [-0.05, 0) is 55.7 Å². The van der Waals surface area contributed by atoms with Gasteiger partial charge in [0.2, 0.25) is 11.8 Å². The Kier molecular flexibility index (Phi) is 9.04. The summed E-state index contributed by atoms with van der Waals surface area (Å²) >= 11 is 3.42. The summed E-state index contributed by atoms with van der Waals surface area (Å²) in [6.45, 7) is 4.98. The molecule has 0 spiro atoms. The van der Waals surface area contributed by atoms with E-state index in [1.807, 2.05) is 43.3 Å². The van der Waals surface area contributed by atoms with Gasteiger partial charge in [0.25, 0.3) is 0 Å². The van der Waals surface area contributed by atoms with Crippen molar-refractivity contribution in [1.29, 1.82) is 0 Å². The molecule has 0 heterocycles. The molecule has 2 aromatic rings. The molecule has 0 aliphatic heterocycles. The van der Waals surface area contributed by atoms with Crippen LogP contribution in [-0.2, 0) is 26.3 Å². The van der Waals surface area contributed by atoms with Crippen molar-refractivity contribution >= 4 is 43.6 Å². The van der Waals surface area contributed by atoms with Gasteiger partial charge in [-0.15, -0.1) is 0 Å². The van der Waals surface area contributed by atoms with Gasteiger partial charge >= 0.3 is 10.2 Å². The van der Waals surface area contributed by atoms with E-state index in [4.69, 9.17) is 0 Å². The van der Waals surface area contributed by atoms with E-state index < -0.39 is 28.7 Å². The second kappa shape index (κ2) is 11.1. The molecule has 0 aromatic heterocycles. The fourth-order valence-electron chi connectivity index (χ4n) is 3.31. The third-order valence-corrected chi connectivity index (χ3v) is 7.61. The van der Waals surface area contributed by atoms with Crippen LogP contribution < -0.4 is 9.62 Å². The summed E-state index contributed by atoms with van der Waals surface area (Å²) in [4.78, 5) is 27.4. The van der Waals surface area contributed by atoms with Gasteiger partial charge in [-0.25, -0.2) is 4.31 Å². The fraction of sp³-hybridized carbons (Fsp3) is 0.391. The summed E-state index contributed by atoms with van der Waals surface area (Å²) in [5.74, 6) is -0.829. The summed E-state index contributed by atoms with van der Waals surface area (Å²) in [7, 11) is 0.362. The van der Waals surface area contributed by atoms with Crippen LogP contribution in [-0.4, -0.2) is 63.2 Å². The van der Waals surface area contributed by atoms with Gasteiger partial charge in [-0.2, -0.15) is 12.7 Å². The minimum atomic E-state index is -3.98. The highest BCUT2D eigenvalue weighted by Gasteiger charge is 2.33. The molecule has 2 amide bonds. The van der Waals surface area contributed by atoms with Crippen molar-refractivity contribution in [2.75, 3.05) is 32.0 Å². The molecular weight excluding hydrogens is 508 g/mol. The number of hydrogen-bond donors (Lipinski definition) is 1. The monoisotopic (exact) mass is 538 g/mol. The quantitative estimate of drug-likeness (QED) is 0.531. The lowest BCUT2D eigenvalue weighted by atomic mass is 10.1. The largest absolute Gasteiger partial charge is 0.357 e. The van der Waals surface area contributed by atoms with E-state index in [1.165, 1.54) is 26.0 Å². The first-order chi connectivity index (χ1) is 15.4. The lowest BCUT2D eigenvalue weighted by Crippen LogP contribution is -2.52. The summed E-state index contributed by atoms with van der Waals surface area (Å²) in [6, 6.07) is 12.0. The molecule has 0 aliphatic rings. The predicted octanol–water partition coefficient (Wildman–Crippen LogP) is 2.84. The van der Waals surface area contributed by atoms with Gasteiger partial charge < -0.3 is 10.2 Å². The third kappa shape index (κ3) is 6.55. The summed E-state index contributed by atoms with van der Waals surface area (Å²) in [5, 5.41) is 2.57. The minimum absolute atomic E-state index is 0.148. The Balaban J connectivity index is 2.51. The van der Waals surface area contributed by atoms with Crippen molar-refractivity contribution in [1.82, 2.24) is 14.5 Å². The van der Waals surface area contributed by atoms with Crippen LogP contribution in [0.1, 0.15) is 23.6 Å². The van der Waals surface area contributed by atoms with Crippen molar-refractivity contribution in [3.63, 3.8) is 0 Å². The highest BCUT2D eigenvalue weighted by Crippen LogP contribution is 2.26. The standard InChI is InChI=1S/C23H31BrN4O4S/c1-16-10-11-17(2)21(12-16)28(33(31,32)26(5)6)15-22(29)27(18(3)23(30)25-4)14-19-8-7-9-20(24)13-19/h7-13,18H,14-15H2,1-6H3,(H,25,30)/t18-/m0/s1. The zero-order valence-electron chi connectivity index (χ0n) is 19.8. The Bertz CT molecular complexity index is 1120. The number of hydrogen-bond acceptors (Lipinski definition) is 4. The van der Waals surface area contributed by atoms with Crippen LogP contribution in [0.15, 0.2) is 46.9 Å². The molecule has 8 nitrogen and oxygen atoms in total. The Morgan fingerprint density at radius 3 is 2.33 bits per heavy atom. The second-order valence-corrected chi connectivity index (χ2v) is 11.0. The third-order valence-electron chi connectivity index (χ3n) is 5.31. The molecule has 0 aliphatic carbocycles. The SMILES string of the molecule is CNC(=O)[C@H](C)N(Cc1cccc(Br)c1)C(=O)CN(c1cc(C)ccc1C)S(=O)(=O)N(C)C. The van der Waals surface area contributed by atoms with Crippen LogP contribution in [0.3, 0.4) is 0 Å². The number of carbonyl (C=O) groups is 2. The highest BCUT2D eigenvalue weighted by atomic mass is 79.9. The molecule has 180 valence electrons. The molecule has 2 rings (SSSR count). The first-order valence-electron chi connectivity index (χ1n) is 10.4. The number of amides is 2. The Hall–Kier alpha value is -2.43. The number of nitrogens with zero attached hydrogens (tertiary/aromatic N) is 3. The highest BCUT2D eigenvalue weighted by molar-refractivity contribution is 9.10. The molecule has 0 unspecified atom stereocenters. The summed E-state index contributed by atoms with van der Waals surface area (Å²) in [6.07, 6.45) is 0. The summed E-state index contributed by atoms with van der Waals surface area (Å²) < 4.78 is 29.4. The Labute approximate surface area is 204 Å². The number of nitrogens with one attached hydrogen (secondary N) is 1. The van der Waals surface area contributed by atoms with Crippen molar-refractivity contribution in [3.05, 3.63) is 63.6 Å². The van der Waals surface area contributed by atoms with Gasteiger partial charge in [0.15, 0.2) is 0 Å². The molecule has 0 saturated carbocycles. The average Bonchev–Trinajstić information content (AvgIpc) is 2.76. The number of carbonyl (C=O) groups excluding carboxylic acids is 2. The molecular formula is C23H31BrN4O4S. The molecule has 2 aromatic carbocycles. The molecule has 1 N–H and O–H groups in total. The van der Waals surface area contributed by atoms with E-state index in [1.54, 1.807) is 19.9 Å². The maximum absolute atomic E-state index is 13.6. The van der Waals surface area contributed by atoms with Gasteiger partial charge in [-0.3, -0.25) is 9.59 Å². The van der Waals surface area contributed by atoms with Crippen LogP contribution >= 0.6 is 15.9 Å². The van der Waals surface area contributed by atoms with Gasteiger partial charge in [0.1, 0.15) is 12.6 Å². The van der Waals surface area contributed by atoms with E-state index >= 15 is 0 Å². The van der Waals surface area contributed by atoms with Gasteiger partial charge in [-0.1, -0.05) is 40.2 Å². The Morgan fingerprint density at radius 1 is 1.09 bits per heavy atom. The van der Waals surface area contributed by atoms with E-state index in [0.717, 1.165) is 29.8 Å². The normalized spacial score (nSPS) is 12.4. The van der Waals surface area contributed by atoms with Crippen LogP contribution in [0.25, 0.3) is 0 Å². The lowest BCUT2D eigenvalue weighted by Gasteiger charge is -2.33. The van der Waals surface area contributed by atoms with Crippen LogP contribution in [0, 0.1) is 13.8 Å². The number of anilines is 1. The molecule has 0 saturated heterocycles. The first kappa shape index (κ1) is 26.8. The number of aryl methyl sites for hydroxylation is 2. The van der Waals surface area contributed by atoms with Gasteiger partial charge in [0.05, 0.1) is 5.69 Å². The van der Waals surface area contributed by atoms with E-state index in [2.05, 4.69) is 21.2 Å². The second-order valence-electron chi connectivity index (χ2n) is 8.03. The number of likely N-dealkylation sites (N-methyl/N-ethyl adjacent to an activating group) is 1. The topological polar surface area (TPSA) is 90.0 Å². The van der Waals surface area contributed by atoms with Crippen molar-refractivity contribution in [3.8, 4) is 0 Å². The maximum atomic E-state index is 13.6. The smallest absolute Gasteiger partial charge is 0.304 e. The van der Waals surface area contributed by atoms with Crippen LogP contribution in [0.4, 0.5) is 5.69 Å². The zero-order valence-corrected chi connectivity index (χ0v) is 22.2. The summed E-state index contributed by atoms with van der Waals surface area (Å²) in [5.41, 5.74) is 2.82. The minimum Gasteiger partial charge on any atom is -0.357 e. The van der Waals surface area contributed by atoms with E-state index in [9.17, 15) is 18.0 Å². The lowest BCUT2D eigenvalue weighted by molar-refractivity contribution is -0.139. The zero-order chi connectivity index (χ0) is 24.9. The number of benzene rings is 2. The van der Waals surface area contributed by atoms with Crippen LogP contribution in [0.2, 0.25) is 0 Å². The van der Waals surface area contributed by atoms with Crippen LogP contribution in [0.5, 0.6) is 0 Å². The molecule has 33 heavy (non-hydrogen) atoms. The Morgan fingerprint density at radius 2 is 1.76 bits per heavy atom. The van der Waals surface area contributed by atoms with Crippen molar-refractivity contribution in [2.45, 2.75) is 33.4 Å². The molecule has 0 bridgehead atoms. The molecule has 0 fully saturated rings. The molecule has 0 radical (unpaired) electrons. The van der Waals surface area contributed by atoms with E-state index in [-0.39, 0.29) is 12.5 Å². The first-order valence-corrected chi connectivity index (χ1v) is 12.6. The number of rotatable bonds is 9. The molecule has 10 heteroatoms. The van der Waals surface area contributed by atoms with Crippen molar-refractivity contribution in [2.24, 2.45) is 0 Å². The predicted molar refractivity (Wildman–Crippen MR) is 134 cm³/mol. The van der Waals surface area contributed by atoms with Gasteiger partial charge in [0, 0.05) is 32.2 Å². The average molecular weight is 539 g/mol.